The molecule has 1 saturated heterocycles. The average molecular weight is 304 g/mol. The van der Waals surface area contributed by atoms with Crippen molar-refractivity contribution in [2.75, 3.05) is 20.1 Å². The first-order chi connectivity index (χ1) is 9.36. The van der Waals surface area contributed by atoms with Crippen molar-refractivity contribution >= 4 is 10.0 Å². The standard InChI is InChI=1S/C13H18F2N2O2S/c1-9-8-17(6-5-13(9)16-2)20(18,19)10-3-4-11(14)12(15)7-10/h3-4,7,9,13,16H,5-6,8H2,1-2H3. The van der Waals surface area contributed by atoms with E-state index in [1.54, 1.807) is 0 Å². The Balaban J connectivity index is 2.25. The molecule has 1 aliphatic rings. The van der Waals surface area contributed by atoms with E-state index in [0.29, 0.717) is 19.5 Å². The molecule has 1 fully saturated rings. The van der Waals surface area contributed by atoms with Crippen molar-refractivity contribution in [3.8, 4) is 0 Å². The molecule has 0 bridgehead atoms. The van der Waals surface area contributed by atoms with E-state index >= 15 is 0 Å². The molecule has 0 radical (unpaired) electrons. The number of halogens is 2. The van der Waals surface area contributed by atoms with Gasteiger partial charge in [0, 0.05) is 19.1 Å². The molecular weight excluding hydrogens is 286 g/mol. The van der Waals surface area contributed by atoms with E-state index in [1.165, 1.54) is 4.31 Å². The van der Waals surface area contributed by atoms with Gasteiger partial charge in [0.15, 0.2) is 11.6 Å². The van der Waals surface area contributed by atoms with Gasteiger partial charge in [-0.3, -0.25) is 0 Å². The van der Waals surface area contributed by atoms with E-state index < -0.39 is 21.7 Å². The average Bonchev–Trinajstić information content (AvgIpc) is 2.41. The lowest BCUT2D eigenvalue weighted by atomic mass is 9.96. The molecule has 20 heavy (non-hydrogen) atoms. The topological polar surface area (TPSA) is 49.4 Å². The van der Waals surface area contributed by atoms with Crippen LogP contribution >= 0.6 is 0 Å². The number of sulfonamides is 1. The quantitative estimate of drug-likeness (QED) is 0.922. The fraction of sp³-hybridized carbons (Fsp3) is 0.538. The summed E-state index contributed by atoms with van der Waals surface area (Å²) in [7, 11) is -1.92. The number of piperidine rings is 1. The first-order valence-corrected chi connectivity index (χ1v) is 7.92. The Morgan fingerprint density at radius 3 is 2.55 bits per heavy atom. The Bertz CT molecular complexity index is 592. The summed E-state index contributed by atoms with van der Waals surface area (Å²) < 4.78 is 52.2. The minimum absolute atomic E-state index is 0.161. The lowest BCUT2D eigenvalue weighted by Crippen LogP contribution is -2.49. The molecule has 1 aromatic rings. The fourth-order valence-corrected chi connectivity index (χ4v) is 4.11. The van der Waals surface area contributed by atoms with Gasteiger partial charge in [-0.1, -0.05) is 6.92 Å². The summed E-state index contributed by atoms with van der Waals surface area (Å²) in [6.45, 7) is 2.71. The smallest absolute Gasteiger partial charge is 0.243 e. The number of rotatable bonds is 3. The molecule has 0 spiro atoms. The SMILES string of the molecule is CNC1CCN(S(=O)(=O)c2ccc(F)c(F)c2)CC1C. The predicted molar refractivity (Wildman–Crippen MR) is 71.7 cm³/mol. The highest BCUT2D eigenvalue weighted by Gasteiger charge is 2.33. The number of hydrogen-bond acceptors (Lipinski definition) is 3. The largest absolute Gasteiger partial charge is 0.317 e. The van der Waals surface area contributed by atoms with Gasteiger partial charge in [-0.05, 0) is 37.6 Å². The summed E-state index contributed by atoms with van der Waals surface area (Å²) in [6, 6.07) is 2.94. The Labute approximate surface area is 117 Å². The second-order valence-corrected chi connectivity index (χ2v) is 7.04. The molecule has 2 atom stereocenters. The highest BCUT2D eigenvalue weighted by molar-refractivity contribution is 7.89. The lowest BCUT2D eigenvalue weighted by Gasteiger charge is -2.35. The molecule has 1 aliphatic heterocycles. The molecule has 1 heterocycles. The van der Waals surface area contributed by atoms with Crippen molar-refractivity contribution in [1.29, 1.82) is 0 Å². The van der Waals surface area contributed by atoms with E-state index in [0.717, 1.165) is 18.2 Å². The van der Waals surface area contributed by atoms with Gasteiger partial charge in [-0.2, -0.15) is 4.31 Å². The third kappa shape index (κ3) is 2.84. The first-order valence-electron chi connectivity index (χ1n) is 6.48. The number of nitrogens with zero attached hydrogens (tertiary/aromatic N) is 1. The molecule has 1 N–H and O–H groups in total. The number of nitrogens with one attached hydrogen (secondary N) is 1. The zero-order chi connectivity index (χ0) is 14.9. The summed E-state index contributed by atoms with van der Waals surface area (Å²) >= 11 is 0. The van der Waals surface area contributed by atoms with Gasteiger partial charge in [-0.15, -0.1) is 0 Å². The van der Waals surface area contributed by atoms with Gasteiger partial charge in [0.2, 0.25) is 10.0 Å². The van der Waals surface area contributed by atoms with E-state index in [9.17, 15) is 17.2 Å². The van der Waals surface area contributed by atoms with Gasteiger partial charge < -0.3 is 5.32 Å². The van der Waals surface area contributed by atoms with Crippen molar-refractivity contribution in [2.45, 2.75) is 24.3 Å². The molecule has 0 saturated carbocycles. The van der Waals surface area contributed by atoms with E-state index in [1.807, 2.05) is 14.0 Å². The van der Waals surface area contributed by atoms with E-state index in [-0.39, 0.29) is 16.9 Å². The van der Waals surface area contributed by atoms with Crippen LogP contribution in [0.25, 0.3) is 0 Å². The van der Waals surface area contributed by atoms with Crippen LogP contribution in [0.3, 0.4) is 0 Å². The Morgan fingerprint density at radius 2 is 2.00 bits per heavy atom. The first kappa shape index (κ1) is 15.3. The molecule has 0 amide bonds. The monoisotopic (exact) mass is 304 g/mol. The molecule has 4 nitrogen and oxygen atoms in total. The molecule has 1 aromatic carbocycles. The zero-order valence-corrected chi connectivity index (χ0v) is 12.3. The van der Waals surface area contributed by atoms with Crippen molar-refractivity contribution in [3.05, 3.63) is 29.8 Å². The Kier molecular flexibility index (Phi) is 4.41. The van der Waals surface area contributed by atoms with Crippen LogP contribution < -0.4 is 5.32 Å². The maximum absolute atomic E-state index is 13.2. The summed E-state index contributed by atoms with van der Waals surface area (Å²) in [6.07, 6.45) is 0.695. The van der Waals surface area contributed by atoms with Crippen LogP contribution in [0.15, 0.2) is 23.1 Å². The zero-order valence-electron chi connectivity index (χ0n) is 11.4. The Hall–Kier alpha value is -1.05. The molecule has 2 rings (SSSR count). The summed E-state index contributed by atoms with van der Waals surface area (Å²) in [5.74, 6) is -2.04. The molecular formula is C13H18F2N2O2S. The molecule has 7 heteroatoms. The van der Waals surface area contributed by atoms with Gasteiger partial charge in [-0.25, -0.2) is 17.2 Å². The Morgan fingerprint density at radius 1 is 1.30 bits per heavy atom. The molecule has 0 aliphatic carbocycles. The third-order valence-electron chi connectivity index (χ3n) is 3.77. The fourth-order valence-electron chi connectivity index (χ4n) is 2.54. The van der Waals surface area contributed by atoms with E-state index in [4.69, 9.17) is 0 Å². The van der Waals surface area contributed by atoms with Crippen molar-refractivity contribution in [1.82, 2.24) is 9.62 Å². The predicted octanol–water partition coefficient (Wildman–Crippen LogP) is 1.58. The third-order valence-corrected chi connectivity index (χ3v) is 5.63. The number of benzene rings is 1. The van der Waals surface area contributed by atoms with Crippen LogP contribution in [0, 0.1) is 17.6 Å². The van der Waals surface area contributed by atoms with Crippen LogP contribution in [0.2, 0.25) is 0 Å². The van der Waals surface area contributed by atoms with Crippen LogP contribution in [0.4, 0.5) is 8.78 Å². The van der Waals surface area contributed by atoms with Gasteiger partial charge in [0.25, 0.3) is 0 Å². The van der Waals surface area contributed by atoms with Crippen molar-refractivity contribution in [3.63, 3.8) is 0 Å². The second kappa shape index (κ2) is 5.75. The minimum Gasteiger partial charge on any atom is -0.317 e. The normalized spacial score (nSPS) is 24.8. The minimum atomic E-state index is -3.77. The highest BCUT2D eigenvalue weighted by Crippen LogP contribution is 2.24. The molecule has 0 aromatic heterocycles. The van der Waals surface area contributed by atoms with Crippen LogP contribution in [-0.2, 0) is 10.0 Å². The van der Waals surface area contributed by atoms with E-state index in [2.05, 4.69) is 5.32 Å². The maximum atomic E-state index is 13.2. The van der Waals surface area contributed by atoms with Gasteiger partial charge >= 0.3 is 0 Å². The molecule has 112 valence electrons. The van der Waals surface area contributed by atoms with Crippen molar-refractivity contribution in [2.24, 2.45) is 5.92 Å². The van der Waals surface area contributed by atoms with Crippen LogP contribution in [-0.4, -0.2) is 38.9 Å². The van der Waals surface area contributed by atoms with Crippen LogP contribution in [0.5, 0.6) is 0 Å². The molecule has 2 unspecified atom stereocenters. The summed E-state index contributed by atoms with van der Waals surface area (Å²) in [5, 5.41) is 3.15. The summed E-state index contributed by atoms with van der Waals surface area (Å²) in [5.41, 5.74) is 0. The maximum Gasteiger partial charge on any atom is 0.243 e. The highest BCUT2D eigenvalue weighted by atomic mass is 32.2. The lowest BCUT2D eigenvalue weighted by molar-refractivity contribution is 0.228. The number of hydrogen-bond donors (Lipinski definition) is 1. The van der Waals surface area contributed by atoms with Crippen LogP contribution in [0.1, 0.15) is 13.3 Å². The van der Waals surface area contributed by atoms with Crippen molar-refractivity contribution < 1.29 is 17.2 Å². The van der Waals surface area contributed by atoms with Gasteiger partial charge in [0.05, 0.1) is 4.90 Å². The van der Waals surface area contributed by atoms with Gasteiger partial charge in [0.1, 0.15) is 0 Å². The second-order valence-electron chi connectivity index (χ2n) is 5.10. The summed E-state index contributed by atoms with van der Waals surface area (Å²) in [4.78, 5) is -0.202.